The van der Waals surface area contributed by atoms with Crippen molar-refractivity contribution in [3.05, 3.63) is 36.0 Å². The van der Waals surface area contributed by atoms with Crippen molar-refractivity contribution < 1.29 is 4.74 Å². The third-order valence-corrected chi connectivity index (χ3v) is 3.31. The van der Waals surface area contributed by atoms with Crippen LogP contribution in [0.2, 0.25) is 0 Å². The summed E-state index contributed by atoms with van der Waals surface area (Å²) in [6.45, 7) is 4.16. The summed E-state index contributed by atoms with van der Waals surface area (Å²) in [4.78, 5) is 8.55. The minimum atomic E-state index is 0. The lowest BCUT2D eigenvalue weighted by Crippen LogP contribution is -2.38. The molecule has 0 aliphatic heterocycles. The molecule has 0 unspecified atom stereocenters. The molecule has 2 N–H and O–H groups in total. The molecular formula is C15H24IN7O. The van der Waals surface area contributed by atoms with Gasteiger partial charge in [-0.1, -0.05) is 13.0 Å². The Hall–Kier alpha value is -1.91. The van der Waals surface area contributed by atoms with Crippen LogP contribution in [-0.2, 0) is 19.5 Å². The van der Waals surface area contributed by atoms with Gasteiger partial charge in [-0.15, -0.1) is 34.2 Å². The predicted octanol–water partition coefficient (Wildman–Crippen LogP) is 1.23. The van der Waals surface area contributed by atoms with Crippen molar-refractivity contribution in [1.82, 2.24) is 30.4 Å². The Morgan fingerprint density at radius 2 is 2.17 bits per heavy atom. The van der Waals surface area contributed by atoms with Crippen LogP contribution >= 0.6 is 24.0 Å². The highest BCUT2D eigenvalue weighted by atomic mass is 127. The summed E-state index contributed by atoms with van der Waals surface area (Å²) in [5.74, 6) is 2.31. The molecule has 132 valence electrons. The van der Waals surface area contributed by atoms with Gasteiger partial charge in [0, 0.05) is 32.6 Å². The highest BCUT2D eigenvalue weighted by Gasteiger charge is 2.03. The van der Waals surface area contributed by atoms with Crippen LogP contribution in [0, 0.1) is 0 Å². The topological polar surface area (TPSA) is 89.2 Å². The third kappa shape index (κ3) is 5.95. The number of pyridine rings is 1. The van der Waals surface area contributed by atoms with E-state index in [0.717, 1.165) is 37.0 Å². The fraction of sp³-hybridized carbons (Fsp3) is 0.467. The van der Waals surface area contributed by atoms with Crippen molar-refractivity contribution >= 4 is 29.9 Å². The van der Waals surface area contributed by atoms with Gasteiger partial charge in [-0.25, -0.2) is 4.98 Å². The van der Waals surface area contributed by atoms with Crippen molar-refractivity contribution in [1.29, 1.82) is 0 Å². The van der Waals surface area contributed by atoms with E-state index in [4.69, 9.17) is 4.74 Å². The molecule has 0 aliphatic rings. The van der Waals surface area contributed by atoms with E-state index >= 15 is 0 Å². The number of nitrogens with one attached hydrogen (secondary N) is 2. The molecule has 8 nitrogen and oxygen atoms in total. The molecule has 0 amide bonds. The first-order valence-electron chi connectivity index (χ1n) is 7.58. The van der Waals surface area contributed by atoms with Crippen molar-refractivity contribution in [3.63, 3.8) is 0 Å². The van der Waals surface area contributed by atoms with Crippen LogP contribution in [0.25, 0.3) is 0 Å². The molecule has 0 aromatic carbocycles. The Kier molecular flexibility index (Phi) is 9.05. The van der Waals surface area contributed by atoms with Crippen molar-refractivity contribution in [3.8, 4) is 5.88 Å². The first-order valence-corrected chi connectivity index (χ1v) is 7.58. The molecule has 2 aromatic rings. The van der Waals surface area contributed by atoms with E-state index in [1.807, 2.05) is 22.8 Å². The van der Waals surface area contributed by atoms with Crippen LogP contribution in [0.1, 0.15) is 18.4 Å². The predicted molar refractivity (Wildman–Crippen MR) is 104 cm³/mol. The minimum absolute atomic E-state index is 0. The van der Waals surface area contributed by atoms with E-state index in [-0.39, 0.29) is 24.0 Å². The van der Waals surface area contributed by atoms with E-state index in [9.17, 15) is 0 Å². The molecule has 0 saturated carbocycles. The number of halogens is 1. The number of methoxy groups -OCH3 is 1. The largest absolute Gasteiger partial charge is 0.481 e. The Morgan fingerprint density at radius 3 is 2.88 bits per heavy atom. The summed E-state index contributed by atoms with van der Waals surface area (Å²) < 4.78 is 7.15. The number of aromatic nitrogens is 4. The number of aliphatic imine (C=N–C) groups is 1. The summed E-state index contributed by atoms with van der Waals surface area (Å²) in [5, 5.41) is 14.5. The van der Waals surface area contributed by atoms with Crippen LogP contribution in [0.3, 0.4) is 0 Å². The molecule has 0 radical (unpaired) electrons. The lowest BCUT2D eigenvalue weighted by molar-refractivity contribution is 0.396. The van der Waals surface area contributed by atoms with Gasteiger partial charge in [0.25, 0.3) is 0 Å². The Labute approximate surface area is 159 Å². The lowest BCUT2D eigenvalue weighted by Gasteiger charge is -2.12. The normalized spacial score (nSPS) is 10.9. The summed E-state index contributed by atoms with van der Waals surface area (Å²) in [5.41, 5.74) is 0.888. The third-order valence-electron chi connectivity index (χ3n) is 3.31. The average molecular weight is 445 g/mol. The number of aryl methyl sites for hydroxylation is 1. The van der Waals surface area contributed by atoms with Crippen LogP contribution in [0.15, 0.2) is 29.5 Å². The van der Waals surface area contributed by atoms with Gasteiger partial charge in [-0.3, -0.25) is 4.99 Å². The molecule has 2 aromatic heterocycles. The van der Waals surface area contributed by atoms with Gasteiger partial charge < -0.3 is 19.9 Å². The van der Waals surface area contributed by atoms with Gasteiger partial charge >= 0.3 is 0 Å². The first kappa shape index (κ1) is 20.1. The van der Waals surface area contributed by atoms with Crippen molar-refractivity contribution in [2.24, 2.45) is 4.99 Å². The first-order chi connectivity index (χ1) is 11.3. The number of hydrogen-bond acceptors (Lipinski definition) is 5. The summed E-state index contributed by atoms with van der Waals surface area (Å²) in [7, 11) is 3.35. The molecule has 0 aliphatic carbocycles. The number of ether oxygens (including phenoxy) is 1. The van der Waals surface area contributed by atoms with Gasteiger partial charge in [0.15, 0.2) is 5.96 Å². The highest BCUT2D eigenvalue weighted by molar-refractivity contribution is 14.0. The smallest absolute Gasteiger partial charge is 0.213 e. The van der Waals surface area contributed by atoms with Crippen LogP contribution in [0.5, 0.6) is 5.88 Å². The number of guanidine groups is 1. The fourth-order valence-electron chi connectivity index (χ4n) is 2.10. The molecule has 24 heavy (non-hydrogen) atoms. The second-order valence-corrected chi connectivity index (χ2v) is 4.82. The fourth-order valence-corrected chi connectivity index (χ4v) is 2.10. The van der Waals surface area contributed by atoms with Crippen LogP contribution in [-0.4, -0.2) is 46.4 Å². The van der Waals surface area contributed by atoms with E-state index in [1.165, 1.54) is 0 Å². The summed E-state index contributed by atoms with van der Waals surface area (Å²) >= 11 is 0. The van der Waals surface area contributed by atoms with Gasteiger partial charge in [-0.2, -0.15) is 0 Å². The van der Waals surface area contributed by atoms with E-state index in [2.05, 4.69) is 37.7 Å². The Morgan fingerprint density at radius 1 is 1.33 bits per heavy atom. The molecule has 2 rings (SSSR count). The molecule has 0 atom stereocenters. The molecule has 2 heterocycles. The zero-order valence-corrected chi connectivity index (χ0v) is 16.5. The minimum Gasteiger partial charge on any atom is -0.481 e. The van der Waals surface area contributed by atoms with Crippen molar-refractivity contribution in [2.45, 2.75) is 26.4 Å². The maximum atomic E-state index is 5.12. The molecule has 0 bridgehead atoms. The maximum Gasteiger partial charge on any atom is 0.213 e. The molecule has 0 fully saturated rings. The number of rotatable bonds is 7. The van der Waals surface area contributed by atoms with Crippen LogP contribution in [0.4, 0.5) is 0 Å². The zero-order chi connectivity index (χ0) is 16.5. The Balaban J connectivity index is 0.00000288. The summed E-state index contributed by atoms with van der Waals surface area (Å²) in [6, 6.07) is 5.67. The van der Waals surface area contributed by atoms with E-state index in [0.29, 0.717) is 12.4 Å². The molecular weight excluding hydrogens is 421 g/mol. The lowest BCUT2D eigenvalue weighted by atomic mass is 10.3. The quantitative estimate of drug-likeness (QED) is 0.379. The SMILES string of the molecule is CCc1nncn1CCNC(=NC)NCc1cccc(OC)n1.I. The number of nitrogens with zero attached hydrogens (tertiary/aromatic N) is 5. The number of hydrogen-bond donors (Lipinski definition) is 2. The molecule has 0 saturated heterocycles. The zero-order valence-electron chi connectivity index (χ0n) is 14.2. The average Bonchev–Trinajstić information content (AvgIpc) is 3.05. The van der Waals surface area contributed by atoms with E-state index in [1.54, 1.807) is 20.5 Å². The van der Waals surface area contributed by atoms with Crippen LogP contribution < -0.4 is 15.4 Å². The highest BCUT2D eigenvalue weighted by Crippen LogP contribution is 2.05. The molecule has 0 spiro atoms. The second-order valence-electron chi connectivity index (χ2n) is 4.82. The second kappa shape index (κ2) is 10.8. The Bertz CT molecular complexity index is 644. The van der Waals surface area contributed by atoms with Gasteiger partial charge in [0.2, 0.25) is 5.88 Å². The maximum absolute atomic E-state index is 5.12. The van der Waals surface area contributed by atoms with Gasteiger partial charge in [0.05, 0.1) is 19.3 Å². The monoisotopic (exact) mass is 445 g/mol. The van der Waals surface area contributed by atoms with Gasteiger partial charge in [-0.05, 0) is 6.07 Å². The van der Waals surface area contributed by atoms with E-state index < -0.39 is 0 Å². The molecule has 9 heteroatoms. The summed E-state index contributed by atoms with van der Waals surface area (Å²) in [6.07, 6.45) is 2.62. The van der Waals surface area contributed by atoms with Gasteiger partial charge in [0.1, 0.15) is 12.2 Å². The van der Waals surface area contributed by atoms with Crippen molar-refractivity contribution in [2.75, 3.05) is 20.7 Å². The standard InChI is InChI=1S/C15H23N7O.HI/c1-4-13-21-19-11-22(13)9-8-17-15(16-2)18-10-12-6-5-7-14(20-12)23-3;/h5-7,11H,4,8-10H2,1-3H3,(H2,16,17,18);1H.